The highest BCUT2D eigenvalue weighted by Gasteiger charge is 2.55. The number of Topliss-reactive ketones (excluding diaryl/α,β-unsaturated/α-hetero) is 1. The van der Waals surface area contributed by atoms with Gasteiger partial charge in [-0.05, 0) is 29.8 Å². The Balaban J connectivity index is 2.30. The minimum Gasteiger partial charge on any atom is -0.290 e. The topological polar surface area (TPSA) is 37.4 Å². The molecule has 0 bridgehead atoms. The molecule has 1 aliphatic heterocycles. The van der Waals surface area contributed by atoms with Crippen molar-refractivity contribution in [1.29, 1.82) is 0 Å². The van der Waals surface area contributed by atoms with E-state index in [1.165, 1.54) is 4.90 Å². The molecule has 27 heavy (non-hydrogen) atoms. The van der Waals surface area contributed by atoms with Crippen molar-refractivity contribution >= 4 is 52.2 Å². The molecular formula is C21H18Cl3NO2. The predicted molar refractivity (Wildman–Crippen MR) is 110 cm³/mol. The second-order valence-corrected chi connectivity index (χ2v) is 8.76. The first kappa shape index (κ1) is 19.9. The Hall–Kier alpha value is -1.81. The van der Waals surface area contributed by atoms with Crippen molar-refractivity contribution in [2.24, 2.45) is 5.41 Å². The molecule has 1 unspecified atom stereocenters. The lowest BCUT2D eigenvalue weighted by molar-refractivity contribution is -0.129. The molecule has 0 aromatic heterocycles. The predicted octanol–water partition coefficient (Wildman–Crippen LogP) is 5.89. The van der Waals surface area contributed by atoms with E-state index in [4.69, 9.17) is 34.8 Å². The van der Waals surface area contributed by atoms with Crippen LogP contribution in [0.1, 0.15) is 26.3 Å². The molecule has 0 radical (unpaired) electrons. The standard InChI is InChI=1S/C21H18Cl3NO2/c1-20(2,3)17-16(23)18(26)21(24,13-7-5-4-6-8-13)19(27)25(17)15-11-9-14(22)10-12-15/h4-12H,1-3H3. The molecule has 3 rings (SSSR count). The Labute approximate surface area is 173 Å². The van der Waals surface area contributed by atoms with Crippen LogP contribution in [0.4, 0.5) is 5.69 Å². The average Bonchev–Trinajstić information content (AvgIpc) is 2.63. The first-order valence-corrected chi connectivity index (χ1v) is 9.51. The molecule has 0 N–H and O–H groups in total. The van der Waals surface area contributed by atoms with Gasteiger partial charge in [-0.15, -0.1) is 0 Å². The van der Waals surface area contributed by atoms with E-state index in [-0.39, 0.29) is 5.03 Å². The molecule has 2 aromatic rings. The molecule has 2 aromatic carbocycles. The lowest BCUT2D eigenvalue weighted by Crippen LogP contribution is -2.54. The van der Waals surface area contributed by atoms with Crippen molar-refractivity contribution in [3.05, 3.63) is 75.9 Å². The maximum atomic E-state index is 13.6. The third-order valence-electron chi connectivity index (χ3n) is 4.41. The number of rotatable bonds is 2. The average molecular weight is 423 g/mol. The summed E-state index contributed by atoms with van der Waals surface area (Å²) in [5.74, 6) is -1.17. The third-order valence-corrected chi connectivity index (χ3v) is 5.56. The van der Waals surface area contributed by atoms with E-state index in [1.54, 1.807) is 54.6 Å². The number of amides is 1. The van der Waals surface area contributed by atoms with Crippen LogP contribution in [0.25, 0.3) is 0 Å². The molecule has 6 heteroatoms. The third kappa shape index (κ3) is 3.29. The molecule has 140 valence electrons. The second kappa shape index (κ2) is 6.97. The molecule has 0 spiro atoms. The van der Waals surface area contributed by atoms with Gasteiger partial charge in [-0.25, -0.2) is 0 Å². The van der Waals surface area contributed by atoms with Crippen molar-refractivity contribution in [3.8, 4) is 0 Å². The Bertz CT molecular complexity index is 930. The Morgan fingerprint density at radius 3 is 1.96 bits per heavy atom. The summed E-state index contributed by atoms with van der Waals surface area (Å²) < 4.78 is 0. The number of halogens is 3. The van der Waals surface area contributed by atoms with Gasteiger partial charge in [-0.2, -0.15) is 0 Å². The summed E-state index contributed by atoms with van der Waals surface area (Å²) in [5.41, 5.74) is 0.762. The summed E-state index contributed by atoms with van der Waals surface area (Å²) in [5, 5.41) is 0.489. The highest BCUT2D eigenvalue weighted by atomic mass is 35.5. The van der Waals surface area contributed by atoms with Crippen molar-refractivity contribution < 1.29 is 9.59 Å². The van der Waals surface area contributed by atoms with Gasteiger partial charge in [0.15, 0.2) is 0 Å². The van der Waals surface area contributed by atoms with Crippen LogP contribution in [0.15, 0.2) is 65.3 Å². The van der Waals surface area contributed by atoms with E-state index in [2.05, 4.69) is 0 Å². The Morgan fingerprint density at radius 1 is 0.889 bits per heavy atom. The van der Waals surface area contributed by atoms with Gasteiger partial charge in [0.2, 0.25) is 10.7 Å². The van der Waals surface area contributed by atoms with Crippen molar-refractivity contribution in [1.82, 2.24) is 0 Å². The van der Waals surface area contributed by atoms with E-state index in [1.807, 2.05) is 20.8 Å². The highest BCUT2D eigenvalue weighted by molar-refractivity contribution is 6.58. The van der Waals surface area contributed by atoms with Gasteiger partial charge >= 0.3 is 0 Å². The summed E-state index contributed by atoms with van der Waals surface area (Å²) in [6.45, 7) is 5.66. The second-order valence-electron chi connectivity index (χ2n) is 7.38. The number of ketones is 1. The smallest absolute Gasteiger partial charge is 0.265 e. The van der Waals surface area contributed by atoms with Gasteiger partial charge in [0.25, 0.3) is 5.91 Å². The molecule has 1 amide bonds. The van der Waals surface area contributed by atoms with Gasteiger partial charge in [0, 0.05) is 16.1 Å². The van der Waals surface area contributed by atoms with Crippen molar-refractivity contribution in [2.45, 2.75) is 25.6 Å². The number of hydrogen-bond donors (Lipinski definition) is 0. The summed E-state index contributed by atoms with van der Waals surface area (Å²) in [6.07, 6.45) is 0. The maximum absolute atomic E-state index is 13.6. The van der Waals surface area contributed by atoms with Gasteiger partial charge in [-0.1, -0.05) is 85.9 Å². The number of benzene rings is 2. The minimum absolute atomic E-state index is 0.0455. The van der Waals surface area contributed by atoms with Gasteiger partial charge in [0.1, 0.15) is 5.03 Å². The SMILES string of the molecule is CC(C)(C)C1=C(Cl)C(=O)C(Cl)(c2ccccc2)C(=O)N1c1ccc(Cl)cc1. The maximum Gasteiger partial charge on any atom is 0.265 e. The molecule has 0 saturated heterocycles. The minimum atomic E-state index is -1.92. The quantitative estimate of drug-likeness (QED) is 0.447. The molecule has 0 saturated carbocycles. The van der Waals surface area contributed by atoms with Crippen LogP contribution in [0, 0.1) is 5.41 Å². The zero-order chi connectivity index (χ0) is 20.0. The summed E-state index contributed by atoms with van der Waals surface area (Å²) in [4.78, 5) is 26.3. The fraction of sp³-hybridized carbons (Fsp3) is 0.238. The molecular weight excluding hydrogens is 405 g/mol. The van der Waals surface area contributed by atoms with E-state index >= 15 is 0 Å². The number of nitrogens with zero attached hydrogens (tertiary/aromatic N) is 1. The molecule has 1 atom stereocenters. The number of carbonyl (C=O) groups excluding carboxylic acids is 2. The number of carbonyl (C=O) groups is 2. The molecule has 1 heterocycles. The fourth-order valence-corrected chi connectivity index (χ4v) is 4.12. The zero-order valence-corrected chi connectivity index (χ0v) is 17.4. The molecule has 0 fully saturated rings. The Morgan fingerprint density at radius 2 is 1.44 bits per heavy atom. The number of hydrogen-bond acceptors (Lipinski definition) is 2. The number of anilines is 1. The fourth-order valence-electron chi connectivity index (χ4n) is 3.13. The molecule has 0 aliphatic carbocycles. The van der Waals surface area contributed by atoms with Crippen LogP contribution in [0.5, 0.6) is 0 Å². The first-order chi connectivity index (χ1) is 12.6. The normalized spacial score (nSPS) is 21.0. The van der Waals surface area contributed by atoms with Gasteiger partial charge < -0.3 is 0 Å². The van der Waals surface area contributed by atoms with Crippen LogP contribution in [-0.4, -0.2) is 11.7 Å². The number of allylic oxidation sites excluding steroid dienone is 2. The van der Waals surface area contributed by atoms with Crippen LogP contribution in [0.3, 0.4) is 0 Å². The molecule has 3 nitrogen and oxygen atoms in total. The van der Waals surface area contributed by atoms with Gasteiger partial charge in [0.05, 0.1) is 5.70 Å². The lowest BCUT2D eigenvalue weighted by atomic mass is 9.81. The van der Waals surface area contributed by atoms with Crippen LogP contribution >= 0.6 is 34.8 Å². The van der Waals surface area contributed by atoms with Crippen LogP contribution in [-0.2, 0) is 14.5 Å². The van der Waals surface area contributed by atoms with E-state index in [9.17, 15) is 9.59 Å². The Kier molecular flexibility index (Phi) is 5.15. The van der Waals surface area contributed by atoms with Gasteiger partial charge in [-0.3, -0.25) is 14.5 Å². The zero-order valence-electron chi connectivity index (χ0n) is 15.1. The molecule has 1 aliphatic rings. The van der Waals surface area contributed by atoms with E-state index < -0.39 is 22.0 Å². The highest BCUT2D eigenvalue weighted by Crippen LogP contribution is 2.47. The first-order valence-electron chi connectivity index (χ1n) is 8.38. The summed E-state index contributed by atoms with van der Waals surface area (Å²) in [7, 11) is 0. The van der Waals surface area contributed by atoms with E-state index in [0.29, 0.717) is 22.0 Å². The van der Waals surface area contributed by atoms with Crippen molar-refractivity contribution in [2.75, 3.05) is 4.90 Å². The summed E-state index contributed by atoms with van der Waals surface area (Å²) >= 11 is 19.2. The van der Waals surface area contributed by atoms with Crippen LogP contribution in [0.2, 0.25) is 5.02 Å². The lowest BCUT2D eigenvalue weighted by Gasteiger charge is -2.42. The largest absolute Gasteiger partial charge is 0.290 e. The summed E-state index contributed by atoms with van der Waals surface area (Å²) in [6, 6.07) is 15.3. The van der Waals surface area contributed by atoms with Crippen molar-refractivity contribution in [3.63, 3.8) is 0 Å². The number of alkyl halides is 1. The monoisotopic (exact) mass is 421 g/mol. The van der Waals surface area contributed by atoms with Crippen LogP contribution < -0.4 is 4.90 Å². The van der Waals surface area contributed by atoms with E-state index in [0.717, 1.165) is 0 Å².